The number of hydrogen-bond donors (Lipinski definition) is 1. The van der Waals surface area contributed by atoms with Gasteiger partial charge in [-0.1, -0.05) is 0 Å². The van der Waals surface area contributed by atoms with E-state index in [0.717, 1.165) is 6.07 Å². The van der Waals surface area contributed by atoms with E-state index in [1.165, 1.54) is 26.4 Å². The third kappa shape index (κ3) is 2.51. The number of aromatic carboxylic acids is 2. The van der Waals surface area contributed by atoms with Crippen molar-refractivity contribution < 1.29 is 34.1 Å². The van der Waals surface area contributed by atoms with Gasteiger partial charge < -0.3 is 34.3 Å². The van der Waals surface area contributed by atoms with E-state index in [-0.39, 0.29) is 27.9 Å². The third-order valence-electron chi connectivity index (χ3n) is 3.69. The van der Waals surface area contributed by atoms with Crippen molar-refractivity contribution in [1.29, 1.82) is 0 Å². The highest BCUT2D eigenvalue weighted by atomic mass is 16.5. The Bertz CT molecular complexity index is 1050. The minimum Gasteiger partial charge on any atom is -0.545 e. The molecular weight excluding hydrogens is 332 g/mol. The lowest BCUT2D eigenvalue weighted by molar-refractivity contribution is -0.255. The van der Waals surface area contributed by atoms with Crippen LogP contribution in [0.1, 0.15) is 31.3 Å². The number of fused-ring (bicyclic) bond motifs is 3. The van der Waals surface area contributed by atoms with Crippen LogP contribution >= 0.6 is 0 Å². The van der Waals surface area contributed by atoms with Crippen molar-refractivity contribution >= 4 is 39.7 Å². The summed E-state index contributed by atoms with van der Waals surface area (Å²) in [5, 5.41) is 23.2. The number of esters is 1. The zero-order chi connectivity index (χ0) is 18.3. The maximum absolute atomic E-state index is 11.7. The Balaban J connectivity index is 2.52. The molecule has 0 spiro atoms. The van der Waals surface area contributed by atoms with Crippen molar-refractivity contribution in [2.45, 2.75) is 0 Å². The van der Waals surface area contributed by atoms with Crippen LogP contribution in [0.4, 0.5) is 0 Å². The molecule has 25 heavy (non-hydrogen) atoms. The van der Waals surface area contributed by atoms with Crippen LogP contribution in [0.3, 0.4) is 0 Å². The quantitative estimate of drug-likeness (QED) is 0.609. The van der Waals surface area contributed by atoms with E-state index >= 15 is 0 Å². The van der Waals surface area contributed by atoms with Gasteiger partial charge in [0.25, 0.3) is 0 Å². The van der Waals surface area contributed by atoms with Gasteiger partial charge in [0.15, 0.2) is 0 Å². The molecule has 2 heterocycles. The number of nitrogens with zero attached hydrogens (tertiary/aromatic N) is 1. The second kappa shape index (κ2) is 5.78. The number of ether oxygens (including phenoxy) is 2. The summed E-state index contributed by atoms with van der Waals surface area (Å²) in [5.41, 5.74) is -0.683. The van der Waals surface area contributed by atoms with E-state index in [1.54, 1.807) is 0 Å². The van der Waals surface area contributed by atoms with Crippen LogP contribution in [0.25, 0.3) is 21.8 Å². The van der Waals surface area contributed by atoms with Crippen LogP contribution in [0.5, 0.6) is 5.75 Å². The molecule has 0 unspecified atom stereocenters. The molecule has 0 amide bonds. The Labute approximate surface area is 139 Å². The predicted molar refractivity (Wildman–Crippen MR) is 80.2 cm³/mol. The average molecular weight is 342 g/mol. The lowest BCUT2D eigenvalue weighted by atomic mass is 10.0. The summed E-state index contributed by atoms with van der Waals surface area (Å²) >= 11 is 0. The highest BCUT2D eigenvalue weighted by molar-refractivity contribution is 6.17. The molecule has 0 aliphatic rings. The van der Waals surface area contributed by atoms with E-state index in [2.05, 4.69) is 14.7 Å². The van der Waals surface area contributed by atoms with Gasteiger partial charge in [-0.2, -0.15) is 0 Å². The first kappa shape index (κ1) is 16.2. The number of pyridine rings is 1. The summed E-state index contributed by atoms with van der Waals surface area (Å²) in [6, 6.07) is 3.78. The number of aromatic nitrogens is 2. The van der Waals surface area contributed by atoms with Gasteiger partial charge >= 0.3 is 5.97 Å². The molecular formula is C16H10N2O7-2. The largest absolute Gasteiger partial charge is 0.545 e. The van der Waals surface area contributed by atoms with Crippen LogP contribution in [-0.4, -0.2) is 42.1 Å². The van der Waals surface area contributed by atoms with Crippen molar-refractivity contribution in [2.75, 3.05) is 14.2 Å². The number of carboxylic acid groups (broad SMARTS) is 2. The van der Waals surface area contributed by atoms with Gasteiger partial charge in [-0.3, -0.25) is 0 Å². The smallest absolute Gasteiger partial charge is 0.354 e. The number of carbonyl (C=O) groups is 3. The van der Waals surface area contributed by atoms with Crippen LogP contribution in [0, 0.1) is 0 Å². The molecule has 0 fully saturated rings. The van der Waals surface area contributed by atoms with Crippen molar-refractivity contribution in [1.82, 2.24) is 9.97 Å². The Morgan fingerprint density at radius 1 is 1.08 bits per heavy atom. The maximum Gasteiger partial charge on any atom is 0.354 e. The Morgan fingerprint density at radius 2 is 1.80 bits per heavy atom. The minimum atomic E-state index is -1.65. The summed E-state index contributed by atoms with van der Waals surface area (Å²) in [6.07, 6.45) is 0. The number of nitrogens with one attached hydrogen (secondary N) is 1. The van der Waals surface area contributed by atoms with Crippen molar-refractivity contribution in [3.63, 3.8) is 0 Å². The molecule has 0 radical (unpaired) electrons. The molecule has 0 bridgehead atoms. The van der Waals surface area contributed by atoms with Crippen LogP contribution in [-0.2, 0) is 4.74 Å². The zero-order valence-electron chi connectivity index (χ0n) is 13.0. The summed E-state index contributed by atoms with van der Waals surface area (Å²) in [6.45, 7) is 0. The normalized spacial score (nSPS) is 10.8. The van der Waals surface area contributed by atoms with Crippen molar-refractivity contribution in [3.8, 4) is 5.75 Å². The lowest BCUT2D eigenvalue weighted by Crippen LogP contribution is -2.27. The summed E-state index contributed by atoms with van der Waals surface area (Å²) in [4.78, 5) is 41.0. The monoisotopic (exact) mass is 342 g/mol. The van der Waals surface area contributed by atoms with Crippen LogP contribution in [0.2, 0.25) is 0 Å². The average Bonchev–Trinajstić information content (AvgIpc) is 3.02. The second-order valence-corrected chi connectivity index (χ2v) is 5.07. The molecule has 0 saturated heterocycles. The van der Waals surface area contributed by atoms with Crippen LogP contribution in [0.15, 0.2) is 18.2 Å². The van der Waals surface area contributed by atoms with Gasteiger partial charge in [0, 0.05) is 16.3 Å². The molecule has 9 nitrogen and oxygen atoms in total. The van der Waals surface area contributed by atoms with Crippen molar-refractivity contribution in [2.24, 2.45) is 0 Å². The Hall–Kier alpha value is -3.62. The SMILES string of the molecule is COC(=O)c1cc2cc(OC)c3nc(C(=O)[O-])cc(C(=O)[O-])c3c2[nH]1. The third-order valence-corrected chi connectivity index (χ3v) is 3.69. The highest BCUT2D eigenvalue weighted by Gasteiger charge is 2.19. The van der Waals surface area contributed by atoms with Gasteiger partial charge in [0.1, 0.15) is 17.0 Å². The summed E-state index contributed by atoms with van der Waals surface area (Å²) in [7, 11) is 2.52. The van der Waals surface area contributed by atoms with E-state index in [9.17, 15) is 24.6 Å². The molecule has 0 atom stereocenters. The molecule has 3 rings (SSSR count). The van der Waals surface area contributed by atoms with E-state index in [0.29, 0.717) is 5.39 Å². The van der Waals surface area contributed by atoms with Gasteiger partial charge in [-0.05, 0) is 18.2 Å². The zero-order valence-corrected chi connectivity index (χ0v) is 13.0. The molecule has 2 aromatic heterocycles. The van der Waals surface area contributed by atoms with E-state index in [4.69, 9.17) is 4.74 Å². The molecule has 0 aliphatic carbocycles. The predicted octanol–water partition coefficient (Wildman–Crippen LogP) is -0.762. The minimum absolute atomic E-state index is 0.0193. The Morgan fingerprint density at radius 3 is 2.36 bits per heavy atom. The fourth-order valence-corrected chi connectivity index (χ4v) is 2.62. The fourth-order valence-electron chi connectivity index (χ4n) is 2.62. The summed E-state index contributed by atoms with van der Waals surface area (Å²) in [5.74, 6) is -3.78. The standard InChI is InChI=1S/C16H12N2O7/c1-24-10-4-6-3-9(16(23)25-2)18-12(6)11-7(14(19)20)5-8(15(21)22)17-13(10)11/h3-5,18H,1-2H3,(H,19,20)(H,21,22)/p-2. The van der Waals surface area contributed by atoms with E-state index in [1.807, 2.05) is 0 Å². The van der Waals surface area contributed by atoms with Crippen molar-refractivity contribution in [3.05, 3.63) is 35.2 Å². The molecule has 1 N–H and O–H groups in total. The molecule has 128 valence electrons. The van der Waals surface area contributed by atoms with Gasteiger partial charge in [0.2, 0.25) is 0 Å². The molecule has 3 aromatic rings. The first-order chi connectivity index (χ1) is 11.9. The van der Waals surface area contributed by atoms with Crippen LogP contribution < -0.4 is 14.9 Å². The number of carboxylic acids is 2. The number of methoxy groups -OCH3 is 2. The fraction of sp³-hybridized carbons (Fsp3) is 0.125. The topological polar surface area (TPSA) is 144 Å². The second-order valence-electron chi connectivity index (χ2n) is 5.07. The van der Waals surface area contributed by atoms with Gasteiger partial charge in [-0.25, -0.2) is 9.78 Å². The molecule has 0 saturated carbocycles. The number of hydrogen-bond acceptors (Lipinski definition) is 8. The molecule has 9 heteroatoms. The maximum atomic E-state index is 11.7. The Kier molecular flexibility index (Phi) is 3.76. The number of aromatic amines is 1. The number of benzene rings is 1. The molecule has 1 aromatic carbocycles. The first-order valence-corrected chi connectivity index (χ1v) is 6.92. The molecule has 0 aliphatic heterocycles. The number of H-pyrrole nitrogens is 1. The van der Waals surface area contributed by atoms with E-state index < -0.39 is 29.2 Å². The first-order valence-electron chi connectivity index (χ1n) is 6.92. The number of carbonyl (C=O) groups excluding carboxylic acids is 3. The number of rotatable bonds is 4. The van der Waals surface area contributed by atoms with Gasteiger partial charge in [-0.15, -0.1) is 0 Å². The van der Waals surface area contributed by atoms with Gasteiger partial charge in [0.05, 0.1) is 37.4 Å². The summed E-state index contributed by atoms with van der Waals surface area (Å²) < 4.78 is 9.81. The lowest BCUT2D eigenvalue weighted by Gasteiger charge is -2.14. The highest BCUT2D eigenvalue weighted by Crippen LogP contribution is 2.35.